The van der Waals surface area contributed by atoms with E-state index in [1.807, 2.05) is 45.0 Å². The van der Waals surface area contributed by atoms with E-state index in [1.165, 1.54) is 0 Å². The van der Waals surface area contributed by atoms with E-state index in [0.29, 0.717) is 0 Å². The topological polar surface area (TPSA) is 26.3 Å². The van der Waals surface area contributed by atoms with Crippen LogP contribution in [-0.2, 0) is 10.8 Å². The molecule has 2 nitrogen and oxygen atoms in total. The molecule has 0 bridgehead atoms. The molecule has 0 spiro atoms. The van der Waals surface area contributed by atoms with Crippen LogP contribution in [0.4, 0.5) is 0 Å². The van der Waals surface area contributed by atoms with Gasteiger partial charge in [0.05, 0.1) is 17.9 Å². The summed E-state index contributed by atoms with van der Waals surface area (Å²) in [7, 11) is 0.618. The van der Waals surface area contributed by atoms with Crippen molar-refractivity contribution in [3.8, 4) is 5.75 Å². The van der Waals surface area contributed by atoms with Gasteiger partial charge in [-0.2, -0.15) is 0 Å². The third kappa shape index (κ3) is 2.58. The molecule has 3 heteroatoms. The highest BCUT2D eigenvalue weighted by Gasteiger charge is 2.21. The summed E-state index contributed by atoms with van der Waals surface area (Å²) in [6, 6.07) is 7.40. The van der Waals surface area contributed by atoms with Crippen LogP contribution in [-0.4, -0.2) is 16.1 Å². The molecule has 0 heterocycles. The zero-order valence-corrected chi connectivity index (χ0v) is 9.85. The molecule has 0 aliphatic rings. The Labute approximate surface area is 87.7 Å². The SMILES string of the molecule is COc1cccc([S@@](=O)C(C)(C)C)c1. The molecule has 0 fully saturated rings. The van der Waals surface area contributed by atoms with Gasteiger partial charge in [0.15, 0.2) is 0 Å². The Kier molecular flexibility index (Phi) is 3.32. The molecule has 1 aromatic carbocycles. The molecule has 0 aromatic heterocycles. The molecule has 0 amide bonds. The van der Waals surface area contributed by atoms with Gasteiger partial charge in [-0.15, -0.1) is 0 Å². The van der Waals surface area contributed by atoms with Gasteiger partial charge in [-0.1, -0.05) is 6.07 Å². The molecule has 0 saturated heterocycles. The van der Waals surface area contributed by atoms with E-state index in [9.17, 15) is 4.21 Å². The van der Waals surface area contributed by atoms with Crippen LogP contribution in [0.1, 0.15) is 20.8 Å². The van der Waals surface area contributed by atoms with Gasteiger partial charge >= 0.3 is 0 Å². The van der Waals surface area contributed by atoms with Gasteiger partial charge < -0.3 is 4.74 Å². The summed E-state index contributed by atoms with van der Waals surface area (Å²) in [5.41, 5.74) is 0. The van der Waals surface area contributed by atoms with E-state index < -0.39 is 10.8 Å². The molecule has 78 valence electrons. The van der Waals surface area contributed by atoms with E-state index in [2.05, 4.69) is 0 Å². The lowest BCUT2D eigenvalue weighted by atomic mass is 10.3. The van der Waals surface area contributed by atoms with Crippen molar-refractivity contribution in [2.45, 2.75) is 30.4 Å². The van der Waals surface area contributed by atoms with Crippen molar-refractivity contribution >= 4 is 10.8 Å². The highest BCUT2D eigenvalue weighted by molar-refractivity contribution is 7.86. The minimum atomic E-state index is -0.993. The van der Waals surface area contributed by atoms with E-state index in [1.54, 1.807) is 7.11 Å². The average Bonchev–Trinajstić information content (AvgIpc) is 2.15. The fourth-order valence-electron chi connectivity index (χ4n) is 1.07. The van der Waals surface area contributed by atoms with Crippen molar-refractivity contribution in [2.24, 2.45) is 0 Å². The second-order valence-corrected chi connectivity index (χ2v) is 6.29. The van der Waals surface area contributed by atoms with Gasteiger partial charge in [-0.05, 0) is 39.0 Å². The average molecular weight is 212 g/mol. The van der Waals surface area contributed by atoms with E-state index in [4.69, 9.17) is 4.74 Å². The number of methoxy groups -OCH3 is 1. The summed E-state index contributed by atoms with van der Waals surface area (Å²) < 4.78 is 16.8. The molecule has 0 N–H and O–H groups in total. The number of hydrogen-bond donors (Lipinski definition) is 0. The van der Waals surface area contributed by atoms with E-state index in [-0.39, 0.29) is 4.75 Å². The highest BCUT2D eigenvalue weighted by Crippen LogP contribution is 2.23. The Hall–Kier alpha value is -0.830. The fraction of sp³-hybridized carbons (Fsp3) is 0.455. The minimum Gasteiger partial charge on any atom is -0.497 e. The summed E-state index contributed by atoms with van der Waals surface area (Å²) in [5, 5.41) is 0. The first-order valence-electron chi connectivity index (χ1n) is 4.51. The Morgan fingerprint density at radius 3 is 2.43 bits per heavy atom. The predicted molar refractivity (Wildman–Crippen MR) is 59.2 cm³/mol. The molecule has 1 atom stereocenters. The third-order valence-electron chi connectivity index (χ3n) is 1.81. The second kappa shape index (κ2) is 4.13. The van der Waals surface area contributed by atoms with Crippen molar-refractivity contribution in [1.82, 2.24) is 0 Å². The van der Waals surface area contributed by atoms with Crippen LogP contribution >= 0.6 is 0 Å². The molecular formula is C11H16O2S. The zero-order chi connectivity index (χ0) is 10.8. The number of benzene rings is 1. The maximum absolute atomic E-state index is 12.0. The number of rotatable bonds is 2. The van der Waals surface area contributed by atoms with Crippen molar-refractivity contribution in [1.29, 1.82) is 0 Å². The molecule has 14 heavy (non-hydrogen) atoms. The van der Waals surface area contributed by atoms with E-state index in [0.717, 1.165) is 10.6 Å². The van der Waals surface area contributed by atoms with Gasteiger partial charge in [-0.25, -0.2) is 0 Å². The molecular weight excluding hydrogens is 196 g/mol. The summed E-state index contributed by atoms with van der Waals surface area (Å²) in [6.45, 7) is 5.88. The van der Waals surface area contributed by atoms with Crippen LogP contribution in [0, 0.1) is 0 Å². The molecule has 0 saturated carbocycles. The quantitative estimate of drug-likeness (QED) is 0.753. The Morgan fingerprint density at radius 2 is 1.93 bits per heavy atom. The Bertz CT molecular complexity index is 339. The molecule has 0 radical (unpaired) electrons. The van der Waals surface area contributed by atoms with Crippen LogP contribution in [0.5, 0.6) is 5.75 Å². The Morgan fingerprint density at radius 1 is 1.29 bits per heavy atom. The number of hydrogen-bond acceptors (Lipinski definition) is 2. The van der Waals surface area contributed by atoms with Crippen molar-refractivity contribution < 1.29 is 8.95 Å². The Balaban J connectivity index is 3.02. The highest BCUT2D eigenvalue weighted by atomic mass is 32.2. The van der Waals surface area contributed by atoms with E-state index >= 15 is 0 Å². The lowest BCUT2D eigenvalue weighted by Gasteiger charge is -2.17. The fourth-order valence-corrected chi connectivity index (χ4v) is 2.20. The van der Waals surface area contributed by atoms with Gasteiger partial charge in [0.2, 0.25) is 0 Å². The summed E-state index contributed by atoms with van der Waals surface area (Å²) in [6.07, 6.45) is 0. The molecule has 1 aromatic rings. The van der Waals surface area contributed by atoms with Gasteiger partial charge in [0, 0.05) is 9.64 Å². The summed E-state index contributed by atoms with van der Waals surface area (Å²) in [4.78, 5) is 0.817. The van der Waals surface area contributed by atoms with Crippen LogP contribution < -0.4 is 4.74 Å². The second-order valence-electron chi connectivity index (χ2n) is 4.06. The standard InChI is InChI=1S/C11H16O2S/c1-11(2,3)14(12)10-7-5-6-9(8-10)13-4/h5-8H,1-4H3/t14-/m1/s1. The first-order chi connectivity index (χ1) is 6.45. The van der Waals surface area contributed by atoms with Gasteiger partial charge in [-0.3, -0.25) is 4.21 Å². The van der Waals surface area contributed by atoms with Gasteiger partial charge in [0.1, 0.15) is 5.75 Å². The van der Waals surface area contributed by atoms with Gasteiger partial charge in [0.25, 0.3) is 0 Å². The van der Waals surface area contributed by atoms with Crippen molar-refractivity contribution in [3.63, 3.8) is 0 Å². The maximum atomic E-state index is 12.0. The van der Waals surface area contributed by atoms with Crippen LogP contribution in [0.25, 0.3) is 0 Å². The van der Waals surface area contributed by atoms with Crippen LogP contribution in [0.2, 0.25) is 0 Å². The summed E-state index contributed by atoms with van der Waals surface area (Å²) >= 11 is 0. The van der Waals surface area contributed by atoms with Crippen molar-refractivity contribution in [3.05, 3.63) is 24.3 Å². The lowest BCUT2D eigenvalue weighted by molar-refractivity contribution is 0.413. The molecule has 0 unspecified atom stereocenters. The smallest absolute Gasteiger partial charge is 0.120 e. The zero-order valence-electron chi connectivity index (χ0n) is 9.03. The normalized spacial score (nSPS) is 13.7. The number of ether oxygens (including phenoxy) is 1. The third-order valence-corrected chi connectivity index (χ3v) is 3.61. The largest absolute Gasteiger partial charge is 0.497 e. The molecule has 0 aliphatic heterocycles. The van der Waals surface area contributed by atoms with Crippen LogP contribution in [0.15, 0.2) is 29.2 Å². The van der Waals surface area contributed by atoms with Crippen LogP contribution in [0.3, 0.4) is 0 Å². The predicted octanol–water partition coefficient (Wildman–Crippen LogP) is 2.60. The first-order valence-corrected chi connectivity index (χ1v) is 5.66. The lowest BCUT2D eigenvalue weighted by Crippen LogP contribution is -2.21. The molecule has 0 aliphatic carbocycles. The molecule has 1 rings (SSSR count). The summed E-state index contributed by atoms with van der Waals surface area (Å²) in [5.74, 6) is 0.750. The monoisotopic (exact) mass is 212 g/mol. The minimum absolute atomic E-state index is 0.230. The first kappa shape index (κ1) is 11.2. The maximum Gasteiger partial charge on any atom is 0.120 e. The van der Waals surface area contributed by atoms with Crippen molar-refractivity contribution in [2.75, 3.05) is 7.11 Å².